The molecule has 2 atom stereocenters. The lowest BCUT2D eigenvalue weighted by molar-refractivity contribution is -0.130. The van der Waals surface area contributed by atoms with E-state index in [0.29, 0.717) is 19.4 Å². The van der Waals surface area contributed by atoms with E-state index in [-0.39, 0.29) is 17.5 Å². The van der Waals surface area contributed by atoms with Gasteiger partial charge in [-0.1, -0.05) is 51.1 Å². The van der Waals surface area contributed by atoms with E-state index in [1.807, 2.05) is 43.4 Å². The maximum absolute atomic E-state index is 14.4. The molecule has 1 fully saturated rings. The molecule has 0 amide bonds. The van der Waals surface area contributed by atoms with Crippen molar-refractivity contribution in [3.63, 3.8) is 0 Å². The summed E-state index contributed by atoms with van der Waals surface area (Å²) in [6.07, 6.45) is -0.192. The Balaban J connectivity index is 1.99. The molecule has 24 heavy (non-hydrogen) atoms. The molecule has 1 aromatic carbocycles. The van der Waals surface area contributed by atoms with Crippen LogP contribution in [0.25, 0.3) is 0 Å². The van der Waals surface area contributed by atoms with E-state index in [0.717, 1.165) is 0 Å². The first-order valence-corrected chi connectivity index (χ1v) is 11.7. The second-order valence-electron chi connectivity index (χ2n) is 8.47. The molecule has 0 aromatic heterocycles. The lowest BCUT2D eigenvalue weighted by atomic mass is 9.89. The van der Waals surface area contributed by atoms with Gasteiger partial charge in [-0.2, -0.15) is 0 Å². The molecule has 5 heteroatoms. The van der Waals surface area contributed by atoms with Gasteiger partial charge in [0.1, 0.15) is 6.10 Å². The van der Waals surface area contributed by atoms with Crippen LogP contribution < -0.4 is 5.32 Å². The number of halogens is 2. The number of hydrogen-bond donors (Lipinski definition) is 1. The van der Waals surface area contributed by atoms with Gasteiger partial charge in [-0.3, -0.25) is 0 Å². The summed E-state index contributed by atoms with van der Waals surface area (Å²) in [6, 6.07) is 10.2. The minimum absolute atomic E-state index is 0.0620. The van der Waals surface area contributed by atoms with Crippen molar-refractivity contribution in [3.05, 3.63) is 35.9 Å². The minimum atomic E-state index is -2.72. The molecule has 0 bridgehead atoms. The number of hydrogen-bond acceptors (Lipinski definition) is 2. The molecule has 0 unspecified atom stereocenters. The molecule has 0 aliphatic heterocycles. The summed E-state index contributed by atoms with van der Waals surface area (Å²) in [4.78, 5) is 0. The molecule has 1 aliphatic rings. The summed E-state index contributed by atoms with van der Waals surface area (Å²) in [5.41, 5.74) is 1.18. The number of rotatable bonds is 5. The highest BCUT2D eigenvalue weighted by Gasteiger charge is 2.50. The second kappa shape index (κ2) is 7.22. The normalized spacial score (nSPS) is 24.8. The molecule has 1 saturated carbocycles. The van der Waals surface area contributed by atoms with Crippen LogP contribution >= 0.6 is 0 Å². The summed E-state index contributed by atoms with van der Waals surface area (Å²) >= 11 is 0. The smallest absolute Gasteiger partial charge is 0.272 e. The summed E-state index contributed by atoms with van der Waals surface area (Å²) in [7, 11) is -2.21. The number of alkyl halides is 2. The van der Waals surface area contributed by atoms with Crippen LogP contribution in [0.15, 0.2) is 30.3 Å². The van der Waals surface area contributed by atoms with Crippen molar-refractivity contribution in [3.8, 4) is 0 Å². The first-order valence-electron chi connectivity index (χ1n) is 8.84. The fourth-order valence-corrected chi connectivity index (χ4v) is 4.12. The molecule has 2 nitrogen and oxygen atoms in total. The summed E-state index contributed by atoms with van der Waals surface area (Å²) < 4.78 is 34.9. The van der Waals surface area contributed by atoms with Crippen molar-refractivity contribution < 1.29 is 13.2 Å². The molecule has 1 N–H and O–H groups in total. The fraction of sp³-hybridized carbons (Fsp3) is 0.684. The van der Waals surface area contributed by atoms with Gasteiger partial charge in [0.15, 0.2) is 8.32 Å². The van der Waals surface area contributed by atoms with Crippen LogP contribution in [-0.2, 0) is 11.0 Å². The first-order chi connectivity index (χ1) is 11.0. The van der Waals surface area contributed by atoms with Gasteiger partial charge in [0, 0.05) is 19.0 Å². The lowest BCUT2D eigenvalue weighted by Crippen LogP contribution is -2.54. The molecule has 136 valence electrons. The van der Waals surface area contributed by atoms with E-state index < -0.39 is 20.3 Å². The van der Waals surface area contributed by atoms with Gasteiger partial charge in [-0.25, -0.2) is 8.78 Å². The molecule has 0 heterocycles. The van der Waals surface area contributed by atoms with Crippen molar-refractivity contribution in [2.45, 2.75) is 82.8 Å². The number of nitrogens with one attached hydrogen (secondary N) is 1. The van der Waals surface area contributed by atoms with Crippen LogP contribution in [-0.4, -0.2) is 26.4 Å². The fourth-order valence-electron chi connectivity index (χ4n) is 2.79. The van der Waals surface area contributed by atoms with Crippen molar-refractivity contribution in [2.24, 2.45) is 0 Å². The van der Waals surface area contributed by atoms with E-state index in [2.05, 4.69) is 26.1 Å². The minimum Gasteiger partial charge on any atom is -0.408 e. The number of benzene rings is 1. The molecule has 0 spiro atoms. The molecule has 1 aliphatic carbocycles. The van der Waals surface area contributed by atoms with Crippen molar-refractivity contribution in [1.29, 1.82) is 0 Å². The van der Waals surface area contributed by atoms with Crippen molar-refractivity contribution in [2.75, 3.05) is 0 Å². The Morgan fingerprint density at radius 1 is 1.21 bits per heavy atom. The van der Waals surface area contributed by atoms with Crippen molar-refractivity contribution >= 4 is 8.32 Å². The standard InChI is InChI=1S/C19H31F2NOSi/c1-18(2,3)24(4,5)23-17-13-16(11-12-19(17,20)21)22-14-15-9-7-6-8-10-15/h6-10,16-17,22H,11-14H2,1-5H3/t16-,17-/m1/s1. The maximum Gasteiger partial charge on any atom is 0.272 e. The molecule has 0 radical (unpaired) electrons. The summed E-state index contributed by atoms with van der Waals surface area (Å²) in [5.74, 6) is -2.72. The van der Waals surface area contributed by atoms with Crippen LogP contribution in [0.4, 0.5) is 8.78 Å². The SMILES string of the molecule is CC(C)(C)[Si](C)(C)O[C@@H]1C[C@H](NCc2ccccc2)CCC1(F)F. The molecule has 0 saturated heterocycles. The van der Waals surface area contributed by atoms with E-state index in [9.17, 15) is 8.78 Å². The highest BCUT2D eigenvalue weighted by atomic mass is 28.4. The zero-order valence-electron chi connectivity index (χ0n) is 15.5. The molecular formula is C19H31F2NOSi. The van der Waals surface area contributed by atoms with Crippen LogP contribution in [0.5, 0.6) is 0 Å². The predicted molar refractivity (Wildman–Crippen MR) is 97.9 cm³/mol. The Morgan fingerprint density at radius 3 is 2.42 bits per heavy atom. The highest BCUT2D eigenvalue weighted by Crippen LogP contribution is 2.43. The maximum atomic E-state index is 14.4. The van der Waals surface area contributed by atoms with Crippen LogP contribution in [0.1, 0.15) is 45.6 Å². The third-order valence-corrected chi connectivity index (χ3v) is 9.96. The average molecular weight is 356 g/mol. The van der Waals surface area contributed by atoms with Gasteiger partial charge in [0.25, 0.3) is 5.92 Å². The Bertz CT molecular complexity index is 528. The van der Waals surface area contributed by atoms with Gasteiger partial charge in [-0.15, -0.1) is 0 Å². The van der Waals surface area contributed by atoms with Crippen LogP contribution in [0, 0.1) is 0 Å². The quantitative estimate of drug-likeness (QED) is 0.719. The third-order valence-electron chi connectivity index (χ3n) is 5.48. The zero-order chi connectivity index (χ0) is 18.0. The summed E-state index contributed by atoms with van der Waals surface area (Å²) in [5, 5.41) is 3.37. The molecule has 2 rings (SSSR count). The Hall–Kier alpha value is -0.783. The van der Waals surface area contributed by atoms with Gasteiger partial charge in [0.05, 0.1) is 0 Å². The van der Waals surface area contributed by atoms with Gasteiger partial charge in [0.2, 0.25) is 0 Å². The van der Waals surface area contributed by atoms with E-state index >= 15 is 0 Å². The first kappa shape index (κ1) is 19.5. The highest BCUT2D eigenvalue weighted by molar-refractivity contribution is 6.74. The largest absolute Gasteiger partial charge is 0.408 e. The van der Waals surface area contributed by atoms with Gasteiger partial charge >= 0.3 is 0 Å². The van der Waals surface area contributed by atoms with Crippen molar-refractivity contribution in [1.82, 2.24) is 5.32 Å². The Morgan fingerprint density at radius 2 is 1.83 bits per heavy atom. The second-order valence-corrected chi connectivity index (χ2v) is 13.2. The average Bonchev–Trinajstić information content (AvgIpc) is 2.48. The van der Waals surface area contributed by atoms with E-state index in [1.165, 1.54) is 5.56 Å². The van der Waals surface area contributed by atoms with E-state index in [1.54, 1.807) is 0 Å². The topological polar surface area (TPSA) is 21.3 Å². The van der Waals surface area contributed by atoms with Gasteiger partial charge in [-0.05, 0) is 36.5 Å². The summed E-state index contributed by atoms with van der Waals surface area (Å²) in [6.45, 7) is 11.1. The Kier molecular flexibility index (Phi) is 5.88. The van der Waals surface area contributed by atoms with Crippen LogP contribution in [0.2, 0.25) is 18.1 Å². The van der Waals surface area contributed by atoms with E-state index in [4.69, 9.17) is 4.43 Å². The lowest BCUT2D eigenvalue weighted by Gasteiger charge is -2.44. The Labute approximate surface area is 146 Å². The molecular weight excluding hydrogens is 324 g/mol. The zero-order valence-corrected chi connectivity index (χ0v) is 16.5. The van der Waals surface area contributed by atoms with Crippen LogP contribution in [0.3, 0.4) is 0 Å². The third kappa shape index (κ3) is 4.87. The monoisotopic (exact) mass is 355 g/mol. The molecule has 1 aromatic rings. The van der Waals surface area contributed by atoms with Gasteiger partial charge < -0.3 is 9.74 Å². The predicted octanol–water partition coefficient (Wildman–Crippen LogP) is 5.35.